The Morgan fingerprint density at radius 3 is 2.36 bits per heavy atom. The van der Waals surface area contributed by atoms with Gasteiger partial charge in [0, 0.05) is 61.7 Å². The molecule has 8 heterocycles. The SMILES string of the molecule is COCc1cc2c(Nc3cc([C@H]4CC[C@@H](OC(=O)NC5(C)CC5)[C@@H]4F)[nH][n+]3Cc3cn4nc(C(=O)N5CCOCC5)cc4c(Nc4cc([C@H]5OC[C@@H](OC(=O)NC6(C)CC6)[C@H]5F)[nH]n4)n3)nccn2n1. The number of rotatable bonds is 15. The number of aromatic amines is 2. The van der Waals surface area contributed by atoms with E-state index in [1.165, 1.54) is 0 Å². The van der Waals surface area contributed by atoms with Gasteiger partial charge in [0.2, 0.25) is 5.82 Å². The average Bonchev–Trinajstić information content (AvgIpc) is 3.75. The topological polar surface area (TPSA) is 257 Å². The van der Waals surface area contributed by atoms with E-state index in [-0.39, 0.29) is 54.1 Å². The average molecular weight is 971 g/mol. The van der Waals surface area contributed by atoms with Crippen LogP contribution in [0.3, 0.4) is 0 Å². The number of anilines is 4. The Kier molecular flexibility index (Phi) is 11.7. The van der Waals surface area contributed by atoms with Crippen molar-refractivity contribution in [1.82, 2.24) is 60.0 Å². The Morgan fingerprint density at radius 1 is 0.871 bits per heavy atom. The molecule has 6 atom stereocenters. The number of aromatic nitrogens is 10. The third kappa shape index (κ3) is 9.38. The molecule has 370 valence electrons. The van der Waals surface area contributed by atoms with Gasteiger partial charge in [0.25, 0.3) is 5.91 Å². The van der Waals surface area contributed by atoms with Crippen molar-refractivity contribution in [2.24, 2.45) is 0 Å². The fourth-order valence-electron chi connectivity index (χ4n) is 9.13. The van der Waals surface area contributed by atoms with Crippen molar-refractivity contribution in [1.29, 1.82) is 0 Å². The summed E-state index contributed by atoms with van der Waals surface area (Å²) in [6, 6.07) is 6.86. The van der Waals surface area contributed by atoms with Crippen molar-refractivity contribution in [3.05, 3.63) is 71.3 Å². The van der Waals surface area contributed by atoms with Gasteiger partial charge < -0.3 is 44.5 Å². The Hall–Kier alpha value is -6.99. The molecule has 0 aromatic carbocycles. The number of carbonyl (C=O) groups is 3. The lowest BCUT2D eigenvalue weighted by atomic mass is 10.0. The largest absolute Gasteiger partial charge is 0.443 e. The number of alkyl carbamates (subject to hydrolysis) is 2. The third-order valence-electron chi connectivity index (χ3n) is 13.6. The number of fused-ring (bicyclic) bond motifs is 2. The number of amides is 3. The van der Waals surface area contributed by atoms with E-state index in [1.807, 2.05) is 19.9 Å². The van der Waals surface area contributed by atoms with Crippen molar-refractivity contribution >= 4 is 52.4 Å². The first-order valence-electron chi connectivity index (χ1n) is 23.5. The van der Waals surface area contributed by atoms with Gasteiger partial charge in [-0.1, -0.05) is 0 Å². The summed E-state index contributed by atoms with van der Waals surface area (Å²) >= 11 is 0. The number of morpholine rings is 1. The lowest BCUT2D eigenvalue weighted by Crippen LogP contribution is -2.40. The van der Waals surface area contributed by atoms with Gasteiger partial charge >= 0.3 is 18.0 Å². The highest BCUT2D eigenvalue weighted by atomic mass is 19.1. The number of nitrogens with one attached hydrogen (secondary N) is 6. The van der Waals surface area contributed by atoms with E-state index >= 15 is 8.78 Å². The number of hydrogen-bond acceptors (Lipinski definition) is 15. The molecule has 11 rings (SSSR count). The van der Waals surface area contributed by atoms with Crippen molar-refractivity contribution in [3.8, 4) is 0 Å². The van der Waals surface area contributed by atoms with Crippen LogP contribution in [0.4, 0.5) is 41.6 Å². The quantitative estimate of drug-likeness (QED) is 0.0790. The fourth-order valence-corrected chi connectivity index (χ4v) is 9.13. The van der Waals surface area contributed by atoms with E-state index in [4.69, 9.17) is 33.8 Å². The molecule has 25 heteroatoms. The number of nitrogens with zero attached hydrogens (tertiary/aromatic N) is 9. The summed E-state index contributed by atoms with van der Waals surface area (Å²) in [5.74, 6) is 0.533. The molecular weight excluding hydrogens is 917 g/mol. The summed E-state index contributed by atoms with van der Waals surface area (Å²) in [6.07, 6.45) is 1.42. The molecule has 0 radical (unpaired) electrons. The molecular formula is C45H54F2N15O8+. The van der Waals surface area contributed by atoms with Gasteiger partial charge in [0.15, 0.2) is 36.2 Å². The Morgan fingerprint density at radius 2 is 1.61 bits per heavy atom. The summed E-state index contributed by atoms with van der Waals surface area (Å²) in [5, 5.41) is 32.2. The fraction of sp³-hybridized carbons (Fsp3) is 0.533. The minimum Gasteiger partial charge on any atom is -0.443 e. The van der Waals surface area contributed by atoms with E-state index in [2.05, 4.69) is 46.6 Å². The van der Waals surface area contributed by atoms with Crippen LogP contribution in [0.15, 0.2) is 42.9 Å². The molecule has 0 unspecified atom stereocenters. The van der Waals surface area contributed by atoms with Crippen LogP contribution in [0.1, 0.15) is 97.7 Å². The van der Waals surface area contributed by atoms with Gasteiger partial charge in [-0.3, -0.25) is 9.89 Å². The molecule has 3 aliphatic carbocycles. The van der Waals surface area contributed by atoms with Crippen LogP contribution in [-0.4, -0.2) is 143 Å². The molecule has 0 bridgehead atoms. The number of H-pyrrole nitrogens is 2. The molecule has 5 fully saturated rings. The van der Waals surface area contributed by atoms with Gasteiger partial charge in [0.05, 0.1) is 55.8 Å². The number of alkyl halides is 2. The molecule has 6 N–H and O–H groups in total. The summed E-state index contributed by atoms with van der Waals surface area (Å²) in [6.45, 7) is 5.64. The van der Waals surface area contributed by atoms with Crippen LogP contribution in [-0.2, 0) is 36.8 Å². The molecule has 2 saturated heterocycles. The molecule has 70 heavy (non-hydrogen) atoms. The summed E-state index contributed by atoms with van der Waals surface area (Å²) in [4.78, 5) is 50.3. The van der Waals surface area contributed by atoms with Gasteiger partial charge in [-0.2, -0.15) is 20.0 Å². The molecule has 6 aromatic rings. The van der Waals surface area contributed by atoms with Crippen LogP contribution in [0.5, 0.6) is 0 Å². The van der Waals surface area contributed by atoms with Crippen LogP contribution < -0.4 is 25.9 Å². The third-order valence-corrected chi connectivity index (χ3v) is 13.6. The summed E-state index contributed by atoms with van der Waals surface area (Å²) < 4.78 is 64.7. The maximum absolute atomic E-state index is 16.4. The Balaban J connectivity index is 0.901. The maximum Gasteiger partial charge on any atom is 0.408 e. The molecule has 2 aliphatic heterocycles. The van der Waals surface area contributed by atoms with Crippen LogP contribution in [0.2, 0.25) is 0 Å². The molecule has 3 amide bonds. The van der Waals surface area contributed by atoms with Gasteiger partial charge in [-0.15, -0.1) is 0 Å². The van der Waals surface area contributed by atoms with Crippen molar-refractivity contribution in [3.63, 3.8) is 0 Å². The minimum absolute atomic E-state index is 0.0564. The predicted molar refractivity (Wildman–Crippen MR) is 241 cm³/mol. The second kappa shape index (κ2) is 18.1. The minimum atomic E-state index is -1.68. The summed E-state index contributed by atoms with van der Waals surface area (Å²) in [7, 11) is 1.59. The Labute approximate surface area is 398 Å². The van der Waals surface area contributed by atoms with Crippen molar-refractivity contribution in [2.75, 3.05) is 50.7 Å². The zero-order valence-electron chi connectivity index (χ0n) is 38.7. The van der Waals surface area contributed by atoms with Gasteiger partial charge in [0.1, 0.15) is 35.1 Å². The number of ether oxygens (including phenoxy) is 5. The van der Waals surface area contributed by atoms with E-state index in [1.54, 1.807) is 62.5 Å². The maximum atomic E-state index is 16.4. The second-order valence-electron chi connectivity index (χ2n) is 19.2. The number of methoxy groups -OCH3 is 1. The van der Waals surface area contributed by atoms with Crippen LogP contribution in [0.25, 0.3) is 11.0 Å². The highest BCUT2D eigenvalue weighted by molar-refractivity contribution is 5.94. The number of halogens is 2. The van der Waals surface area contributed by atoms with Gasteiger partial charge in [-0.05, 0) is 58.4 Å². The van der Waals surface area contributed by atoms with E-state index in [0.717, 1.165) is 25.7 Å². The van der Waals surface area contributed by atoms with E-state index in [0.29, 0.717) is 84.6 Å². The number of carbonyl (C=O) groups excluding carboxylic acids is 3. The molecule has 23 nitrogen and oxygen atoms in total. The molecule has 3 saturated carbocycles. The first-order valence-corrected chi connectivity index (χ1v) is 23.5. The molecule has 6 aromatic heterocycles. The lowest BCUT2D eigenvalue weighted by molar-refractivity contribution is -0.730. The van der Waals surface area contributed by atoms with Crippen molar-refractivity contribution in [2.45, 2.75) is 113 Å². The standard InChI is InChI=1S/C45H53F2N15O8/c1-44(6-7-44)52-42(64)69-32-5-4-26(36(32)46)27-19-35(51-39-30-16-24(22-66-3)56-60(30)11-10-48-39)62(57-27)21-25-20-61-31(17-29(58-61)41(63)59-12-14-67-15-13-59)40(49-25)50-34-18-28(54-55-34)38-37(47)33(23-68-38)70-43(65)53-45(2)8-9-45/h10-11,16-20,26,32-33,36-38H,4-9,12-15,21-23H2,1-3H3,(H5,48,49,50,51,52,53,54,55,56,57,58,63,64,65)/p+1/t26-,32-,33-,36-,37-,38-/m1/s1. The highest BCUT2D eigenvalue weighted by Gasteiger charge is 2.46. The highest BCUT2D eigenvalue weighted by Crippen LogP contribution is 2.40. The molecule has 0 spiro atoms. The second-order valence-corrected chi connectivity index (χ2v) is 19.2. The molecule has 5 aliphatic rings. The van der Waals surface area contributed by atoms with E-state index in [9.17, 15) is 14.4 Å². The zero-order valence-corrected chi connectivity index (χ0v) is 38.7. The first kappa shape index (κ1) is 45.5. The van der Waals surface area contributed by atoms with Crippen molar-refractivity contribution < 1.29 is 51.5 Å². The predicted octanol–water partition coefficient (Wildman–Crippen LogP) is 4.18. The smallest absolute Gasteiger partial charge is 0.408 e. The lowest BCUT2D eigenvalue weighted by Gasteiger charge is -2.25. The Bertz CT molecular complexity index is 2940. The van der Waals surface area contributed by atoms with E-state index < -0.39 is 48.8 Å². The first-order chi connectivity index (χ1) is 33.8. The monoisotopic (exact) mass is 970 g/mol. The summed E-state index contributed by atoms with van der Waals surface area (Å²) in [5.41, 5.74) is 2.59. The van der Waals surface area contributed by atoms with Crippen LogP contribution in [0, 0.1) is 0 Å². The normalized spacial score (nSPS) is 24.4. The zero-order chi connectivity index (χ0) is 48.3. The van der Waals surface area contributed by atoms with Gasteiger partial charge in [-0.25, -0.2) is 47.8 Å². The van der Waals surface area contributed by atoms with Crippen LogP contribution >= 0.6 is 0 Å². The number of hydrogen-bond donors (Lipinski definition) is 6.